The van der Waals surface area contributed by atoms with Crippen molar-refractivity contribution in [3.05, 3.63) is 102 Å². The molecule has 1 N–H and O–H groups in total. The highest BCUT2D eigenvalue weighted by Gasteiger charge is 2.19. The van der Waals surface area contributed by atoms with Crippen molar-refractivity contribution in [1.29, 1.82) is 0 Å². The predicted molar refractivity (Wildman–Crippen MR) is 100 cm³/mol. The molecule has 0 fully saturated rings. The Balaban J connectivity index is 1.78. The van der Waals surface area contributed by atoms with Gasteiger partial charge in [-0.1, -0.05) is 72.8 Å². The number of benzene rings is 3. The SMILES string of the molecule is O=C(CC(=O)c1ccccc1C(=O)c1ccccc1)Nc1ccccc1. The third kappa shape index (κ3) is 4.11. The average Bonchev–Trinajstić information content (AvgIpc) is 2.68. The van der Waals surface area contributed by atoms with Crippen molar-refractivity contribution >= 4 is 23.2 Å². The van der Waals surface area contributed by atoms with Gasteiger partial charge in [-0.25, -0.2) is 0 Å². The fourth-order valence-corrected chi connectivity index (χ4v) is 2.64. The van der Waals surface area contributed by atoms with Gasteiger partial charge in [0.2, 0.25) is 5.91 Å². The van der Waals surface area contributed by atoms with Crippen LogP contribution in [-0.4, -0.2) is 17.5 Å². The summed E-state index contributed by atoms with van der Waals surface area (Å²) in [7, 11) is 0. The molecule has 0 saturated carbocycles. The minimum Gasteiger partial charge on any atom is -0.326 e. The van der Waals surface area contributed by atoms with Crippen molar-refractivity contribution in [3.8, 4) is 0 Å². The van der Waals surface area contributed by atoms with E-state index in [1.165, 1.54) is 0 Å². The van der Waals surface area contributed by atoms with E-state index >= 15 is 0 Å². The number of rotatable bonds is 6. The third-order valence-corrected chi connectivity index (χ3v) is 3.89. The molecule has 4 nitrogen and oxygen atoms in total. The lowest BCUT2D eigenvalue weighted by Gasteiger charge is -2.09. The van der Waals surface area contributed by atoms with Crippen molar-refractivity contribution in [2.24, 2.45) is 0 Å². The number of hydrogen-bond donors (Lipinski definition) is 1. The zero-order chi connectivity index (χ0) is 18.4. The van der Waals surface area contributed by atoms with Crippen LogP contribution < -0.4 is 5.32 Å². The van der Waals surface area contributed by atoms with Gasteiger partial charge in [0.25, 0.3) is 0 Å². The fraction of sp³-hybridized carbons (Fsp3) is 0.0455. The molecule has 1 amide bonds. The van der Waals surface area contributed by atoms with Crippen LogP contribution in [0.2, 0.25) is 0 Å². The lowest BCUT2D eigenvalue weighted by atomic mass is 9.95. The second kappa shape index (κ2) is 8.03. The lowest BCUT2D eigenvalue weighted by Crippen LogP contribution is -2.18. The average molecular weight is 343 g/mol. The summed E-state index contributed by atoms with van der Waals surface area (Å²) in [5.41, 5.74) is 1.68. The summed E-state index contributed by atoms with van der Waals surface area (Å²) in [4.78, 5) is 37.4. The van der Waals surface area contributed by atoms with Crippen LogP contribution in [0.3, 0.4) is 0 Å². The van der Waals surface area contributed by atoms with Gasteiger partial charge in [-0.05, 0) is 12.1 Å². The summed E-state index contributed by atoms with van der Waals surface area (Å²) >= 11 is 0. The van der Waals surface area contributed by atoms with Crippen molar-refractivity contribution in [2.45, 2.75) is 6.42 Å². The van der Waals surface area contributed by atoms with E-state index in [-0.39, 0.29) is 17.8 Å². The number of amides is 1. The van der Waals surface area contributed by atoms with Crippen LogP contribution in [0.4, 0.5) is 5.69 Å². The fourth-order valence-electron chi connectivity index (χ4n) is 2.64. The molecule has 0 aliphatic carbocycles. The highest BCUT2D eigenvalue weighted by atomic mass is 16.2. The van der Waals surface area contributed by atoms with Gasteiger partial charge in [0.1, 0.15) is 0 Å². The molecule has 0 spiro atoms. The smallest absolute Gasteiger partial charge is 0.232 e. The van der Waals surface area contributed by atoms with Gasteiger partial charge in [0.05, 0.1) is 6.42 Å². The first-order valence-electron chi connectivity index (χ1n) is 8.22. The Morgan fingerprint density at radius 3 is 1.85 bits per heavy atom. The highest BCUT2D eigenvalue weighted by Crippen LogP contribution is 2.17. The largest absolute Gasteiger partial charge is 0.326 e. The molecule has 0 bridgehead atoms. The molecule has 0 saturated heterocycles. The molecule has 128 valence electrons. The number of anilines is 1. The zero-order valence-electron chi connectivity index (χ0n) is 14.0. The van der Waals surface area contributed by atoms with Crippen molar-refractivity contribution in [2.75, 3.05) is 5.32 Å². The van der Waals surface area contributed by atoms with E-state index in [9.17, 15) is 14.4 Å². The van der Waals surface area contributed by atoms with E-state index in [4.69, 9.17) is 0 Å². The number of nitrogens with one attached hydrogen (secondary N) is 1. The van der Waals surface area contributed by atoms with E-state index in [0.717, 1.165) is 0 Å². The van der Waals surface area contributed by atoms with Crippen LogP contribution in [0.5, 0.6) is 0 Å². The Hall–Kier alpha value is -3.53. The summed E-state index contributed by atoms with van der Waals surface area (Å²) in [6.45, 7) is 0. The van der Waals surface area contributed by atoms with Crippen molar-refractivity contribution in [1.82, 2.24) is 0 Å². The molecule has 0 atom stereocenters. The van der Waals surface area contributed by atoms with Crippen LogP contribution >= 0.6 is 0 Å². The second-order valence-electron chi connectivity index (χ2n) is 5.75. The van der Waals surface area contributed by atoms with Crippen LogP contribution in [-0.2, 0) is 4.79 Å². The normalized spacial score (nSPS) is 10.2. The Morgan fingerprint density at radius 2 is 1.19 bits per heavy atom. The van der Waals surface area contributed by atoms with Gasteiger partial charge in [0, 0.05) is 22.4 Å². The maximum absolute atomic E-state index is 12.7. The summed E-state index contributed by atoms with van der Waals surface area (Å²) in [6.07, 6.45) is -0.325. The summed E-state index contributed by atoms with van der Waals surface area (Å²) < 4.78 is 0. The standard InChI is InChI=1S/C22H17NO3/c24-20(15-21(25)23-17-11-5-2-6-12-17)18-13-7-8-14-19(18)22(26)16-9-3-1-4-10-16/h1-14H,15H2,(H,23,25). The number of Topliss-reactive ketones (excluding diaryl/α,β-unsaturated/α-hetero) is 1. The summed E-state index contributed by atoms with van der Waals surface area (Å²) in [5, 5.41) is 2.68. The molecule has 3 rings (SSSR count). The minimum atomic E-state index is -0.414. The van der Waals surface area contributed by atoms with Gasteiger partial charge in [-0.15, -0.1) is 0 Å². The Bertz CT molecular complexity index is 934. The summed E-state index contributed by atoms with van der Waals surface area (Å²) in [6, 6.07) is 24.3. The Labute approximate surface area is 151 Å². The van der Waals surface area contributed by atoms with Gasteiger partial charge in [0.15, 0.2) is 11.6 Å². The third-order valence-electron chi connectivity index (χ3n) is 3.89. The first kappa shape index (κ1) is 17.3. The molecule has 0 aliphatic rings. The minimum absolute atomic E-state index is 0.238. The molecular weight excluding hydrogens is 326 g/mol. The number of carbonyl (C=O) groups excluding carboxylic acids is 3. The molecule has 0 unspecified atom stereocenters. The van der Waals surface area contributed by atoms with Gasteiger partial charge in [-0.2, -0.15) is 0 Å². The maximum Gasteiger partial charge on any atom is 0.232 e. The highest BCUT2D eigenvalue weighted by molar-refractivity contribution is 6.19. The molecule has 0 aromatic heterocycles. The Kier molecular flexibility index (Phi) is 5.34. The van der Waals surface area contributed by atoms with Crippen LogP contribution in [0.25, 0.3) is 0 Å². The molecule has 26 heavy (non-hydrogen) atoms. The summed E-state index contributed by atoms with van der Waals surface area (Å²) in [5.74, 6) is -1.04. The van der Waals surface area contributed by atoms with Crippen LogP contribution in [0.15, 0.2) is 84.9 Å². The van der Waals surface area contributed by atoms with Gasteiger partial charge < -0.3 is 5.32 Å². The Morgan fingerprint density at radius 1 is 0.654 bits per heavy atom. The molecule has 3 aromatic carbocycles. The van der Waals surface area contributed by atoms with E-state index in [0.29, 0.717) is 16.8 Å². The quantitative estimate of drug-likeness (QED) is 0.541. The van der Waals surface area contributed by atoms with Crippen LogP contribution in [0, 0.1) is 0 Å². The number of ketones is 2. The molecule has 0 aliphatic heterocycles. The van der Waals surface area contributed by atoms with Crippen LogP contribution in [0.1, 0.15) is 32.7 Å². The van der Waals surface area contributed by atoms with E-state index < -0.39 is 11.7 Å². The first-order chi connectivity index (χ1) is 12.6. The van der Waals surface area contributed by atoms with Crippen molar-refractivity contribution < 1.29 is 14.4 Å². The number of carbonyl (C=O) groups is 3. The molecule has 0 heterocycles. The second-order valence-corrected chi connectivity index (χ2v) is 5.75. The maximum atomic E-state index is 12.7. The van der Waals surface area contributed by atoms with E-state index in [1.807, 2.05) is 12.1 Å². The van der Waals surface area contributed by atoms with E-state index in [1.54, 1.807) is 72.8 Å². The van der Waals surface area contributed by atoms with E-state index in [2.05, 4.69) is 5.32 Å². The van der Waals surface area contributed by atoms with Crippen molar-refractivity contribution in [3.63, 3.8) is 0 Å². The topological polar surface area (TPSA) is 63.2 Å². The van der Waals surface area contributed by atoms with Gasteiger partial charge >= 0.3 is 0 Å². The molecule has 0 radical (unpaired) electrons. The molecule has 4 heteroatoms. The molecule has 3 aromatic rings. The predicted octanol–water partition coefficient (Wildman–Crippen LogP) is 4.13. The molecular formula is C22H17NO3. The monoisotopic (exact) mass is 343 g/mol. The number of hydrogen-bond acceptors (Lipinski definition) is 3. The zero-order valence-corrected chi connectivity index (χ0v) is 14.0. The lowest BCUT2D eigenvalue weighted by molar-refractivity contribution is -0.115. The number of para-hydroxylation sites is 1. The van der Waals surface area contributed by atoms with Gasteiger partial charge in [-0.3, -0.25) is 14.4 Å². The first-order valence-corrected chi connectivity index (χ1v) is 8.22.